The summed E-state index contributed by atoms with van der Waals surface area (Å²) in [7, 11) is -2.46. The van der Waals surface area contributed by atoms with Crippen LogP contribution in [0.15, 0.2) is 84.0 Å². The van der Waals surface area contributed by atoms with Gasteiger partial charge in [0, 0.05) is 42.7 Å². The third kappa shape index (κ3) is 7.67. The van der Waals surface area contributed by atoms with E-state index in [9.17, 15) is 26.4 Å². The number of nitrogens with one attached hydrogen (secondary N) is 2. The van der Waals surface area contributed by atoms with Gasteiger partial charge in [-0.2, -0.15) is 4.31 Å². The Labute approximate surface area is 276 Å². The molecule has 1 aliphatic heterocycles. The van der Waals surface area contributed by atoms with E-state index in [1.807, 2.05) is 0 Å². The zero-order valence-electron chi connectivity index (χ0n) is 26.2. The van der Waals surface area contributed by atoms with Crippen molar-refractivity contribution < 1.29 is 35.5 Å². The first-order valence-corrected chi connectivity index (χ1v) is 16.6. The number of nitrogens with zero attached hydrogens (tertiary/aromatic N) is 2. The molecule has 3 aromatic carbocycles. The predicted octanol–water partition coefficient (Wildman–Crippen LogP) is 4.73. The van der Waals surface area contributed by atoms with Gasteiger partial charge >= 0.3 is 0 Å². The van der Waals surface area contributed by atoms with Crippen LogP contribution in [0.2, 0.25) is 0 Å². The minimum Gasteiger partial charge on any atom is -0.497 e. The number of hydrogen-bond donors (Lipinski definition) is 3. The number of aromatic nitrogens is 1. The summed E-state index contributed by atoms with van der Waals surface area (Å²) in [6, 6.07) is 11.4. The lowest BCUT2D eigenvalue weighted by atomic mass is 9.84. The van der Waals surface area contributed by atoms with Crippen LogP contribution < -0.4 is 21.1 Å². The lowest BCUT2D eigenvalue weighted by Crippen LogP contribution is -2.58. The highest BCUT2D eigenvalue weighted by Crippen LogP contribution is 2.31. The number of piperazine rings is 1. The number of amides is 1. The van der Waals surface area contributed by atoms with Crippen LogP contribution in [0.5, 0.6) is 5.75 Å². The lowest BCUT2D eigenvalue weighted by Gasteiger charge is -2.40. The number of pyridine rings is 1. The molecule has 254 valence electrons. The molecule has 2 heterocycles. The summed E-state index contributed by atoms with van der Waals surface area (Å²) in [5, 5.41) is 5.83. The summed E-state index contributed by atoms with van der Waals surface area (Å²) < 4.78 is 91.6. The third-order valence-corrected chi connectivity index (χ3v) is 10.5. The SMILES string of the molecule is COc1ccc(S(=O)(=O)N2[C@@H](CCc3c(F)cncc3NC(=O)[C@@H](N)[C@@H](c3ccc(F)cc3)c3cc(F)cc(F)c3)CNC[C@@H]2C)cc1. The number of benzene rings is 3. The van der Waals surface area contributed by atoms with Crippen LogP contribution in [0, 0.1) is 23.3 Å². The van der Waals surface area contributed by atoms with Crippen molar-refractivity contribution in [1.29, 1.82) is 0 Å². The Kier molecular flexibility index (Phi) is 10.8. The zero-order chi connectivity index (χ0) is 34.6. The van der Waals surface area contributed by atoms with E-state index in [4.69, 9.17) is 10.5 Å². The monoisotopic (exact) mass is 685 g/mol. The third-order valence-electron chi connectivity index (χ3n) is 8.37. The molecule has 1 aliphatic rings. The van der Waals surface area contributed by atoms with Gasteiger partial charge in [0.05, 0.1) is 36.1 Å². The molecule has 4 N–H and O–H groups in total. The minimum absolute atomic E-state index is 0.0000996. The first-order valence-electron chi connectivity index (χ1n) is 15.2. The molecule has 0 aliphatic carbocycles. The maximum Gasteiger partial charge on any atom is 0.243 e. The Morgan fingerprint density at radius 3 is 2.29 bits per heavy atom. The molecule has 9 nitrogen and oxygen atoms in total. The number of hydrogen-bond acceptors (Lipinski definition) is 7. The van der Waals surface area contributed by atoms with Crippen LogP contribution in [0.1, 0.15) is 36.0 Å². The summed E-state index contributed by atoms with van der Waals surface area (Å²) in [5.74, 6) is -4.49. The van der Waals surface area contributed by atoms with Gasteiger partial charge in [0.15, 0.2) is 0 Å². The van der Waals surface area contributed by atoms with Crippen LogP contribution >= 0.6 is 0 Å². The van der Waals surface area contributed by atoms with Crippen LogP contribution in [0.25, 0.3) is 0 Å². The number of methoxy groups -OCH3 is 1. The summed E-state index contributed by atoms with van der Waals surface area (Å²) in [6.07, 6.45) is 2.42. The summed E-state index contributed by atoms with van der Waals surface area (Å²) >= 11 is 0. The molecular weight excluding hydrogens is 650 g/mol. The van der Waals surface area contributed by atoms with Gasteiger partial charge in [0.25, 0.3) is 0 Å². The van der Waals surface area contributed by atoms with Crippen molar-refractivity contribution in [2.45, 2.75) is 48.7 Å². The van der Waals surface area contributed by atoms with Crippen molar-refractivity contribution in [3.63, 3.8) is 0 Å². The van der Waals surface area contributed by atoms with E-state index in [1.165, 1.54) is 41.9 Å². The molecule has 0 unspecified atom stereocenters. The van der Waals surface area contributed by atoms with Gasteiger partial charge in [0.1, 0.15) is 29.0 Å². The number of carbonyl (C=O) groups is 1. The summed E-state index contributed by atoms with van der Waals surface area (Å²) in [4.78, 5) is 17.5. The molecule has 48 heavy (non-hydrogen) atoms. The number of nitrogens with two attached hydrogens (primary N) is 1. The van der Waals surface area contributed by atoms with E-state index >= 15 is 4.39 Å². The topological polar surface area (TPSA) is 127 Å². The predicted molar refractivity (Wildman–Crippen MR) is 172 cm³/mol. The molecule has 4 aromatic rings. The van der Waals surface area contributed by atoms with Crippen LogP contribution in [-0.2, 0) is 21.2 Å². The largest absolute Gasteiger partial charge is 0.497 e. The molecule has 1 fully saturated rings. The van der Waals surface area contributed by atoms with Crippen molar-refractivity contribution in [2.24, 2.45) is 5.73 Å². The van der Waals surface area contributed by atoms with Crippen molar-refractivity contribution >= 4 is 21.6 Å². The number of ether oxygens (including phenoxy) is 1. The quantitative estimate of drug-likeness (QED) is 0.195. The van der Waals surface area contributed by atoms with Gasteiger partial charge in [-0.05, 0) is 79.4 Å². The normalized spacial score (nSPS) is 18.2. The number of rotatable bonds is 11. The van der Waals surface area contributed by atoms with Gasteiger partial charge in [-0.25, -0.2) is 26.0 Å². The maximum atomic E-state index is 15.3. The minimum atomic E-state index is -3.94. The first-order chi connectivity index (χ1) is 22.9. The smallest absolute Gasteiger partial charge is 0.243 e. The van der Waals surface area contributed by atoms with E-state index < -0.39 is 63.2 Å². The van der Waals surface area contributed by atoms with Crippen molar-refractivity contribution in [3.8, 4) is 5.75 Å². The molecule has 1 saturated heterocycles. The number of carbonyl (C=O) groups excluding carboxylic acids is 1. The molecule has 14 heteroatoms. The fourth-order valence-corrected chi connectivity index (χ4v) is 7.91. The van der Waals surface area contributed by atoms with Crippen LogP contribution in [0.4, 0.5) is 23.2 Å². The highest BCUT2D eigenvalue weighted by atomic mass is 32.2. The average molecular weight is 686 g/mol. The van der Waals surface area contributed by atoms with Crippen LogP contribution in [-0.4, -0.2) is 61.9 Å². The Balaban J connectivity index is 1.39. The fourth-order valence-electron chi connectivity index (χ4n) is 6.06. The zero-order valence-corrected chi connectivity index (χ0v) is 27.0. The molecule has 1 amide bonds. The Bertz CT molecular complexity index is 1840. The highest BCUT2D eigenvalue weighted by Gasteiger charge is 2.38. The average Bonchev–Trinajstić information content (AvgIpc) is 3.05. The second-order valence-corrected chi connectivity index (χ2v) is 13.4. The van der Waals surface area contributed by atoms with Crippen LogP contribution in [0.3, 0.4) is 0 Å². The van der Waals surface area contributed by atoms with Gasteiger partial charge in [-0.15, -0.1) is 0 Å². The molecule has 0 bridgehead atoms. The molecule has 5 rings (SSSR count). The van der Waals surface area contributed by atoms with E-state index in [0.29, 0.717) is 30.5 Å². The highest BCUT2D eigenvalue weighted by molar-refractivity contribution is 7.89. The second kappa shape index (κ2) is 14.8. The standard InChI is InChI=1S/C34H35F4N5O4S/c1-20-16-40-17-26(43(20)48(45,46)28-10-8-27(47-2)9-11-28)7-12-29-30(38)18-41-19-31(29)42-34(44)33(39)32(21-3-5-23(35)6-4-21)22-13-24(36)15-25(37)14-22/h3-6,8-11,13-15,18-20,26,32-33,40H,7,12,16-17,39H2,1-2H3,(H,42,44)/t20-,26-,32-,33-/m0/s1. The van der Waals surface area contributed by atoms with E-state index in [0.717, 1.165) is 30.5 Å². The van der Waals surface area contributed by atoms with Gasteiger partial charge < -0.3 is 21.1 Å². The number of sulfonamides is 1. The molecule has 4 atom stereocenters. The van der Waals surface area contributed by atoms with Gasteiger partial charge in [0.2, 0.25) is 15.9 Å². The summed E-state index contributed by atoms with van der Waals surface area (Å²) in [6.45, 7) is 2.50. The lowest BCUT2D eigenvalue weighted by molar-refractivity contribution is -0.117. The number of halogens is 4. The molecule has 1 aromatic heterocycles. The first kappa shape index (κ1) is 35.0. The van der Waals surface area contributed by atoms with E-state index in [2.05, 4.69) is 15.6 Å². The second-order valence-electron chi connectivity index (χ2n) is 11.6. The fraction of sp³-hybridized carbons (Fsp3) is 0.294. The van der Waals surface area contributed by atoms with Gasteiger partial charge in [-0.3, -0.25) is 9.78 Å². The van der Waals surface area contributed by atoms with Crippen molar-refractivity contribution in [2.75, 3.05) is 25.5 Å². The van der Waals surface area contributed by atoms with E-state index in [1.54, 1.807) is 19.1 Å². The number of anilines is 1. The van der Waals surface area contributed by atoms with Gasteiger partial charge in [-0.1, -0.05) is 12.1 Å². The maximum absolute atomic E-state index is 15.3. The van der Waals surface area contributed by atoms with Crippen molar-refractivity contribution in [1.82, 2.24) is 14.6 Å². The molecular formula is C34H35F4N5O4S. The Morgan fingerprint density at radius 2 is 1.65 bits per heavy atom. The molecule has 0 spiro atoms. The Hall–Kier alpha value is -4.37. The summed E-state index contributed by atoms with van der Waals surface area (Å²) in [5.41, 5.74) is 6.82. The van der Waals surface area contributed by atoms with Crippen molar-refractivity contribution in [3.05, 3.63) is 119 Å². The molecule has 0 saturated carbocycles. The molecule has 0 radical (unpaired) electrons. The van der Waals surface area contributed by atoms with E-state index in [-0.39, 0.29) is 34.6 Å². The Morgan fingerprint density at radius 1 is 0.979 bits per heavy atom.